The lowest BCUT2D eigenvalue weighted by Gasteiger charge is -2.28. The third-order valence-electron chi connectivity index (χ3n) is 6.20. The first-order valence-corrected chi connectivity index (χ1v) is 11.6. The first kappa shape index (κ1) is 20.1. The summed E-state index contributed by atoms with van der Waals surface area (Å²) in [6.07, 6.45) is 7.15. The molecule has 0 amide bonds. The van der Waals surface area contributed by atoms with Gasteiger partial charge >= 0.3 is 0 Å². The van der Waals surface area contributed by atoms with Gasteiger partial charge in [-0.1, -0.05) is 11.6 Å². The predicted octanol–water partition coefficient (Wildman–Crippen LogP) is 5.72. The molecular weight excluding hydrogens is 436 g/mol. The molecule has 4 heterocycles. The van der Waals surface area contributed by atoms with Crippen LogP contribution in [0.2, 0.25) is 5.02 Å². The maximum Gasteiger partial charge on any atom is 0.159 e. The molecule has 166 valence electrons. The fraction of sp³-hybridized carbons (Fsp3) is 0.240. The maximum atomic E-state index is 6.20. The molecule has 1 aliphatic rings. The topological polar surface area (TPSA) is 82.7 Å². The van der Waals surface area contributed by atoms with Crippen molar-refractivity contribution in [2.75, 3.05) is 18.0 Å². The van der Waals surface area contributed by atoms with E-state index < -0.39 is 0 Å². The minimum Gasteiger partial charge on any atom is -0.489 e. The second-order valence-corrected chi connectivity index (χ2v) is 8.78. The number of anilines is 1. The number of aromatic nitrogens is 5. The van der Waals surface area contributed by atoms with Crippen LogP contribution in [0.1, 0.15) is 24.8 Å². The van der Waals surface area contributed by atoms with Crippen molar-refractivity contribution in [3.8, 4) is 17.3 Å². The zero-order chi connectivity index (χ0) is 22.2. The molecule has 1 saturated heterocycles. The molecule has 0 aliphatic carbocycles. The van der Waals surface area contributed by atoms with Crippen LogP contribution in [0, 0.1) is 0 Å². The number of nitrogens with zero attached hydrogens (tertiary/aromatic N) is 4. The number of ether oxygens (including phenoxy) is 1. The number of aromatic amines is 2. The van der Waals surface area contributed by atoms with Gasteiger partial charge in [-0.05, 0) is 61.7 Å². The van der Waals surface area contributed by atoms with Crippen LogP contribution in [0.3, 0.4) is 0 Å². The first-order chi connectivity index (χ1) is 16.2. The number of piperidine rings is 1. The lowest BCUT2D eigenvalue weighted by molar-refractivity contribution is 0.306. The number of nitrogens with one attached hydrogen (secondary N) is 2. The highest BCUT2D eigenvalue weighted by Gasteiger charge is 2.16. The minimum atomic E-state index is 0.365. The highest BCUT2D eigenvalue weighted by Crippen LogP contribution is 2.31. The lowest BCUT2D eigenvalue weighted by atomic mass is 10.1. The molecule has 8 heteroatoms. The Labute approximate surface area is 195 Å². The molecule has 1 fully saturated rings. The lowest BCUT2D eigenvalue weighted by Crippen LogP contribution is -2.29. The van der Waals surface area contributed by atoms with Crippen LogP contribution in [0.4, 0.5) is 5.69 Å². The molecular formula is C25H23ClN6O. The van der Waals surface area contributed by atoms with E-state index in [2.05, 4.69) is 43.3 Å². The van der Waals surface area contributed by atoms with Gasteiger partial charge < -0.3 is 14.6 Å². The quantitative estimate of drug-likeness (QED) is 0.351. The third kappa shape index (κ3) is 3.89. The Balaban J connectivity index is 1.30. The average Bonchev–Trinajstić information content (AvgIpc) is 3.47. The summed E-state index contributed by atoms with van der Waals surface area (Å²) < 4.78 is 5.99. The van der Waals surface area contributed by atoms with Crippen molar-refractivity contribution in [1.82, 2.24) is 25.1 Å². The molecule has 33 heavy (non-hydrogen) atoms. The Bertz CT molecular complexity index is 1440. The number of hydrogen-bond donors (Lipinski definition) is 2. The Morgan fingerprint density at radius 2 is 1.88 bits per heavy atom. The summed E-state index contributed by atoms with van der Waals surface area (Å²) in [5.74, 6) is 1.47. The number of imidazole rings is 1. The van der Waals surface area contributed by atoms with Crippen molar-refractivity contribution in [2.24, 2.45) is 0 Å². The van der Waals surface area contributed by atoms with E-state index in [1.807, 2.05) is 24.3 Å². The summed E-state index contributed by atoms with van der Waals surface area (Å²) in [4.78, 5) is 14.8. The summed E-state index contributed by atoms with van der Waals surface area (Å²) in [6, 6.07) is 14.2. The van der Waals surface area contributed by atoms with E-state index in [0.29, 0.717) is 11.6 Å². The second-order valence-electron chi connectivity index (χ2n) is 8.37. The molecule has 0 radical (unpaired) electrons. The van der Waals surface area contributed by atoms with Crippen molar-refractivity contribution in [2.45, 2.75) is 25.9 Å². The fourth-order valence-electron chi connectivity index (χ4n) is 4.40. The van der Waals surface area contributed by atoms with E-state index in [0.717, 1.165) is 57.9 Å². The number of hydrogen-bond acceptors (Lipinski definition) is 5. The van der Waals surface area contributed by atoms with Crippen LogP contribution in [-0.2, 0) is 6.61 Å². The molecule has 5 aromatic rings. The predicted molar refractivity (Wildman–Crippen MR) is 131 cm³/mol. The van der Waals surface area contributed by atoms with E-state index in [1.165, 1.54) is 24.9 Å². The number of fused-ring (bicyclic) bond motifs is 2. The van der Waals surface area contributed by atoms with Gasteiger partial charge in [0.15, 0.2) is 5.82 Å². The summed E-state index contributed by atoms with van der Waals surface area (Å²) in [5.41, 5.74) is 5.77. The minimum absolute atomic E-state index is 0.365. The average molecular weight is 459 g/mol. The van der Waals surface area contributed by atoms with Crippen LogP contribution >= 0.6 is 11.6 Å². The van der Waals surface area contributed by atoms with Gasteiger partial charge in [-0.15, -0.1) is 0 Å². The second kappa shape index (κ2) is 8.41. The number of benzene rings is 2. The molecule has 1 aliphatic heterocycles. The van der Waals surface area contributed by atoms with Crippen LogP contribution in [0.25, 0.3) is 33.5 Å². The zero-order valence-corrected chi connectivity index (χ0v) is 18.8. The van der Waals surface area contributed by atoms with Gasteiger partial charge in [0.05, 0.1) is 21.6 Å². The molecule has 0 saturated carbocycles. The Kier molecular flexibility index (Phi) is 5.11. The number of halogens is 1. The Morgan fingerprint density at radius 3 is 2.76 bits per heavy atom. The Morgan fingerprint density at radius 1 is 1.00 bits per heavy atom. The summed E-state index contributed by atoms with van der Waals surface area (Å²) >= 11 is 6.20. The zero-order valence-electron chi connectivity index (χ0n) is 18.0. The van der Waals surface area contributed by atoms with Crippen LogP contribution in [0.5, 0.6) is 5.75 Å². The molecule has 0 atom stereocenters. The normalized spacial score (nSPS) is 14.3. The Hall–Kier alpha value is -3.58. The molecule has 6 rings (SSSR count). The van der Waals surface area contributed by atoms with Gasteiger partial charge in [-0.3, -0.25) is 10.1 Å². The van der Waals surface area contributed by atoms with Gasteiger partial charge in [0.2, 0.25) is 0 Å². The van der Waals surface area contributed by atoms with Gasteiger partial charge in [0.25, 0.3) is 0 Å². The van der Waals surface area contributed by atoms with Crippen molar-refractivity contribution < 1.29 is 4.74 Å². The largest absolute Gasteiger partial charge is 0.489 e. The van der Waals surface area contributed by atoms with Gasteiger partial charge in [-0.2, -0.15) is 5.10 Å². The highest BCUT2D eigenvalue weighted by molar-refractivity contribution is 6.31. The maximum absolute atomic E-state index is 6.20. The summed E-state index contributed by atoms with van der Waals surface area (Å²) in [7, 11) is 0. The third-order valence-corrected chi connectivity index (χ3v) is 6.54. The molecule has 2 N–H and O–H groups in total. The molecule has 0 unspecified atom stereocenters. The first-order valence-electron chi connectivity index (χ1n) is 11.2. The standard InChI is InChI=1S/C25H23ClN6O/c26-20-14-27-9-8-16(20)15-33-18-5-7-21-19(13-18)24(31-30-21)25-28-22-6-4-17(12-23(22)29-25)32-10-2-1-3-11-32/h4-9,12-14H,1-3,10-11,15H2,(H,28,29)(H,30,31). The van der Waals surface area contributed by atoms with Crippen molar-refractivity contribution in [3.63, 3.8) is 0 Å². The van der Waals surface area contributed by atoms with Gasteiger partial charge in [-0.25, -0.2) is 4.98 Å². The van der Waals surface area contributed by atoms with E-state index in [4.69, 9.17) is 21.3 Å². The molecule has 3 aromatic heterocycles. The van der Waals surface area contributed by atoms with Crippen LogP contribution < -0.4 is 9.64 Å². The number of rotatable bonds is 5. The van der Waals surface area contributed by atoms with E-state index in [9.17, 15) is 0 Å². The van der Waals surface area contributed by atoms with E-state index in [-0.39, 0.29) is 0 Å². The smallest absolute Gasteiger partial charge is 0.159 e. The van der Waals surface area contributed by atoms with Crippen LogP contribution in [-0.4, -0.2) is 38.2 Å². The van der Waals surface area contributed by atoms with Crippen molar-refractivity contribution >= 4 is 39.2 Å². The van der Waals surface area contributed by atoms with Crippen LogP contribution in [0.15, 0.2) is 54.9 Å². The molecule has 2 aromatic carbocycles. The van der Waals surface area contributed by atoms with Crippen molar-refractivity contribution in [3.05, 3.63) is 65.4 Å². The molecule has 0 bridgehead atoms. The van der Waals surface area contributed by atoms with Crippen molar-refractivity contribution in [1.29, 1.82) is 0 Å². The SMILES string of the molecule is Clc1cnccc1COc1ccc2[nH]nc(-c3nc4cc(N5CCCCC5)ccc4[nH]3)c2c1. The summed E-state index contributed by atoms with van der Waals surface area (Å²) in [5, 5.41) is 9.17. The number of H-pyrrole nitrogens is 2. The fourth-order valence-corrected chi connectivity index (χ4v) is 4.57. The van der Waals surface area contributed by atoms with Gasteiger partial charge in [0, 0.05) is 42.1 Å². The summed E-state index contributed by atoms with van der Waals surface area (Å²) in [6.45, 7) is 2.59. The molecule has 7 nitrogen and oxygen atoms in total. The monoisotopic (exact) mass is 458 g/mol. The highest BCUT2D eigenvalue weighted by atomic mass is 35.5. The molecule has 0 spiro atoms. The van der Waals surface area contributed by atoms with E-state index >= 15 is 0 Å². The number of pyridine rings is 1. The van der Waals surface area contributed by atoms with Gasteiger partial charge in [0.1, 0.15) is 18.1 Å². The van der Waals surface area contributed by atoms with E-state index in [1.54, 1.807) is 12.4 Å².